The van der Waals surface area contributed by atoms with Crippen LogP contribution < -0.4 is 0 Å². The van der Waals surface area contributed by atoms with Gasteiger partial charge in [0, 0.05) is 17.1 Å². The van der Waals surface area contributed by atoms with Crippen molar-refractivity contribution in [1.82, 2.24) is 4.98 Å². The van der Waals surface area contributed by atoms with Crippen LogP contribution in [0.3, 0.4) is 0 Å². The molecule has 3 heteroatoms. The molecule has 0 aliphatic heterocycles. The molecule has 0 fully saturated rings. The van der Waals surface area contributed by atoms with Crippen LogP contribution in [0.5, 0.6) is 5.75 Å². The van der Waals surface area contributed by atoms with E-state index in [1.165, 1.54) is 5.56 Å². The Morgan fingerprint density at radius 3 is 2.38 bits per heavy atom. The lowest BCUT2D eigenvalue weighted by molar-refractivity contribution is 0.476. The first-order chi connectivity index (χ1) is 10.2. The van der Waals surface area contributed by atoms with Crippen molar-refractivity contribution in [2.75, 3.05) is 0 Å². The Balaban J connectivity index is 0.000000774. The average molecular weight is 300 g/mol. The fraction of sp³-hybridized carbons (Fsp3) is 0.167. The Hall–Kier alpha value is -2.06. The van der Waals surface area contributed by atoms with Crippen LogP contribution in [-0.4, -0.2) is 10.1 Å². The molecule has 0 aliphatic carbocycles. The molecule has 21 heavy (non-hydrogen) atoms. The van der Waals surface area contributed by atoms with Crippen LogP contribution in [0.25, 0.3) is 21.9 Å². The second kappa shape index (κ2) is 6.59. The lowest BCUT2D eigenvalue weighted by Crippen LogP contribution is -1.88. The molecular weight excluding hydrogens is 282 g/mol. The van der Waals surface area contributed by atoms with Crippen LogP contribution in [0.1, 0.15) is 19.4 Å². The molecule has 0 saturated heterocycles. The summed E-state index contributed by atoms with van der Waals surface area (Å²) >= 11 is 6.11. The zero-order chi connectivity index (χ0) is 15.4. The molecule has 0 unspecified atom stereocenters. The molecule has 1 N–H and O–H groups in total. The number of halogens is 1. The summed E-state index contributed by atoms with van der Waals surface area (Å²) < 4.78 is 0. The second-order valence-electron chi connectivity index (χ2n) is 4.51. The van der Waals surface area contributed by atoms with Gasteiger partial charge in [0.1, 0.15) is 10.9 Å². The minimum atomic E-state index is 0.193. The molecule has 3 aromatic rings. The lowest BCUT2D eigenvalue weighted by Gasteiger charge is -2.10. The molecule has 0 spiro atoms. The van der Waals surface area contributed by atoms with Crippen molar-refractivity contribution in [3.05, 3.63) is 59.4 Å². The summed E-state index contributed by atoms with van der Waals surface area (Å²) in [5, 5.41) is 11.7. The first-order valence-electron chi connectivity index (χ1n) is 7.00. The number of benzene rings is 2. The van der Waals surface area contributed by atoms with Gasteiger partial charge in [-0.3, -0.25) is 0 Å². The number of aryl methyl sites for hydroxylation is 1. The summed E-state index contributed by atoms with van der Waals surface area (Å²) in [6.45, 7) is 6.07. The van der Waals surface area contributed by atoms with E-state index < -0.39 is 0 Å². The summed E-state index contributed by atoms with van der Waals surface area (Å²) in [6, 6.07) is 13.3. The normalized spacial score (nSPS) is 10.1. The number of hydrogen-bond acceptors (Lipinski definition) is 2. The van der Waals surface area contributed by atoms with Crippen LogP contribution >= 0.6 is 11.6 Å². The van der Waals surface area contributed by atoms with Crippen molar-refractivity contribution in [2.45, 2.75) is 20.8 Å². The molecule has 0 amide bonds. The Morgan fingerprint density at radius 2 is 1.67 bits per heavy atom. The maximum atomic E-state index is 9.58. The molecule has 108 valence electrons. The third-order valence-electron chi connectivity index (χ3n) is 3.26. The second-order valence-corrected chi connectivity index (χ2v) is 4.87. The van der Waals surface area contributed by atoms with E-state index in [2.05, 4.69) is 24.0 Å². The predicted octanol–water partition coefficient (Wildman–Crippen LogP) is 5.60. The van der Waals surface area contributed by atoms with Gasteiger partial charge in [0.15, 0.2) is 0 Å². The number of fused-ring (bicyclic) bond motifs is 1. The standard InChI is InChI=1S/C16H12ClNO.C2H6/c1-10-4-2-3-5-12(10)15-9-18-16(17)14-8-11(19)6-7-13(14)15;1-2/h2-9,19H,1H3;1-2H3. The minimum absolute atomic E-state index is 0.193. The minimum Gasteiger partial charge on any atom is -0.508 e. The number of hydrogen-bond donors (Lipinski definition) is 1. The summed E-state index contributed by atoms with van der Waals surface area (Å²) in [4.78, 5) is 4.22. The third-order valence-corrected chi connectivity index (χ3v) is 3.56. The Morgan fingerprint density at radius 1 is 0.952 bits per heavy atom. The van der Waals surface area contributed by atoms with Crippen molar-refractivity contribution in [3.8, 4) is 16.9 Å². The quantitative estimate of drug-likeness (QED) is 0.594. The number of aromatic nitrogens is 1. The molecular formula is C18H18ClNO. The molecule has 0 bridgehead atoms. The van der Waals surface area contributed by atoms with Gasteiger partial charge in [0.05, 0.1) is 0 Å². The number of aromatic hydroxyl groups is 1. The SMILES string of the molecule is CC.Cc1ccccc1-c1cnc(Cl)c2cc(O)ccc12. The summed E-state index contributed by atoms with van der Waals surface area (Å²) in [6.07, 6.45) is 1.78. The Kier molecular flexibility index (Phi) is 4.81. The van der Waals surface area contributed by atoms with E-state index in [9.17, 15) is 5.11 Å². The smallest absolute Gasteiger partial charge is 0.137 e. The number of phenolic OH excluding ortho intramolecular Hbond substituents is 1. The van der Waals surface area contributed by atoms with Gasteiger partial charge >= 0.3 is 0 Å². The molecule has 2 aromatic carbocycles. The first kappa shape index (κ1) is 15.3. The monoisotopic (exact) mass is 299 g/mol. The van der Waals surface area contributed by atoms with E-state index in [0.717, 1.165) is 21.9 Å². The Labute approximate surface area is 130 Å². The molecule has 1 heterocycles. The number of pyridine rings is 1. The van der Waals surface area contributed by atoms with Crippen LogP contribution in [0, 0.1) is 6.92 Å². The highest BCUT2D eigenvalue weighted by atomic mass is 35.5. The van der Waals surface area contributed by atoms with Gasteiger partial charge < -0.3 is 5.11 Å². The lowest BCUT2D eigenvalue weighted by atomic mass is 9.97. The topological polar surface area (TPSA) is 33.1 Å². The maximum Gasteiger partial charge on any atom is 0.137 e. The van der Waals surface area contributed by atoms with Gasteiger partial charge in [-0.05, 0) is 41.6 Å². The van der Waals surface area contributed by atoms with Gasteiger partial charge in [0.2, 0.25) is 0 Å². The summed E-state index contributed by atoms with van der Waals surface area (Å²) in [5.41, 5.74) is 3.33. The van der Waals surface area contributed by atoms with E-state index in [-0.39, 0.29) is 5.75 Å². The van der Waals surface area contributed by atoms with Crippen molar-refractivity contribution in [2.24, 2.45) is 0 Å². The highest BCUT2D eigenvalue weighted by Crippen LogP contribution is 2.34. The van der Waals surface area contributed by atoms with E-state index in [1.54, 1.807) is 18.3 Å². The fourth-order valence-corrected chi connectivity index (χ4v) is 2.49. The van der Waals surface area contributed by atoms with Crippen LogP contribution in [0.2, 0.25) is 5.15 Å². The van der Waals surface area contributed by atoms with Gasteiger partial charge in [0.25, 0.3) is 0 Å². The predicted molar refractivity (Wildman–Crippen MR) is 89.9 cm³/mol. The van der Waals surface area contributed by atoms with E-state index >= 15 is 0 Å². The van der Waals surface area contributed by atoms with Crippen LogP contribution in [-0.2, 0) is 0 Å². The number of rotatable bonds is 1. The molecule has 0 saturated carbocycles. The van der Waals surface area contributed by atoms with E-state index in [0.29, 0.717) is 5.15 Å². The third kappa shape index (κ3) is 3.01. The molecule has 0 atom stereocenters. The van der Waals surface area contributed by atoms with Gasteiger partial charge in [-0.1, -0.05) is 49.7 Å². The zero-order valence-corrected chi connectivity index (χ0v) is 13.1. The highest BCUT2D eigenvalue weighted by Gasteiger charge is 2.10. The molecule has 0 aliphatic rings. The maximum absolute atomic E-state index is 9.58. The molecule has 0 radical (unpaired) electrons. The van der Waals surface area contributed by atoms with E-state index in [4.69, 9.17) is 11.6 Å². The van der Waals surface area contributed by atoms with Crippen molar-refractivity contribution in [3.63, 3.8) is 0 Å². The van der Waals surface area contributed by atoms with E-state index in [1.807, 2.05) is 32.0 Å². The van der Waals surface area contributed by atoms with Crippen molar-refractivity contribution < 1.29 is 5.11 Å². The van der Waals surface area contributed by atoms with Gasteiger partial charge in [-0.2, -0.15) is 0 Å². The first-order valence-corrected chi connectivity index (χ1v) is 7.38. The summed E-state index contributed by atoms with van der Waals surface area (Å²) in [5.74, 6) is 0.193. The zero-order valence-electron chi connectivity index (χ0n) is 12.4. The molecule has 2 nitrogen and oxygen atoms in total. The Bertz CT molecular complexity index is 768. The molecule has 1 aromatic heterocycles. The van der Waals surface area contributed by atoms with Crippen molar-refractivity contribution in [1.29, 1.82) is 0 Å². The van der Waals surface area contributed by atoms with Crippen LogP contribution in [0.15, 0.2) is 48.7 Å². The largest absolute Gasteiger partial charge is 0.508 e. The molecule has 3 rings (SSSR count). The highest BCUT2D eigenvalue weighted by molar-refractivity contribution is 6.34. The fourth-order valence-electron chi connectivity index (χ4n) is 2.29. The average Bonchev–Trinajstić information content (AvgIpc) is 2.51. The van der Waals surface area contributed by atoms with Gasteiger partial charge in [-0.15, -0.1) is 0 Å². The van der Waals surface area contributed by atoms with Gasteiger partial charge in [-0.25, -0.2) is 4.98 Å². The van der Waals surface area contributed by atoms with Crippen LogP contribution in [0.4, 0.5) is 0 Å². The van der Waals surface area contributed by atoms with Crippen molar-refractivity contribution >= 4 is 22.4 Å². The summed E-state index contributed by atoms with van der Waals surface area (Å²) in [7, 11) is 0. The number of nitrogens with zero attached hydrogens (tertiary/aromatic N) is 1. The number of phenols is 1.